The molecule has 1 atom stereocenters. The summed E-state index contributed by atoms with van der Waals surface area (Å²) in [6.45, 7) is 0.571. The molecule has 0 aromatic carbocycles. The van der Waals surface area contributed by atoms with Crippen LogP contribution in [0.1, 0.15) is 36.0 Å². The van der Waals surface area contributed by atoms with Crippen LogP contribution >= 0.6 is 23.2 Å². The van der Waals surface area contributed by atoms with Crippen LogP contribution in [0.2, 0.25) is 10.2 Å². The fourth-order valence-electron chi connectivity index (χ4n) is 2.51. The maximum absolute atomic E-state index is 12.5. The minimum absolute atomic E-state index is 0.0589. The van der Waals surface area contributed by atoms with E-state index >= 15 is 0 Å². The number of halogens is 2. The third-order valence-corrected chi connectivity index (χ3v) is 4.47. The minimum Gasteiger partial charge on any atom is -0.352 e. The Labute approximate surface area is 132 Å². The number of rotatable bonds is 3. The van der Waals surface area contributed by atoms with Gasteiger partial charge in [0, 0.05) is 18.8 Å². The number of hydrogen-bond acceptors (Lipinski definition) is 3. The van der Waals surface area contributed by atoms with Crippen LogP contribution < -0.4 is 5.32 Å². The van der Waals surface area contributed by atoms with Crippen molar-refractivity contribution in [2.75, 3.05) is 6.54 Å². The summed E-state index contributed by atoms with van der Waals surface area (Å²) < 4.78 is 0. The van der Waals surface area contributed by atoms with Gasteiger partial charge in [-0.2, -0.15) is 0 Å². The van der Waals surface area contributed by atoms with Crippen LogP contribution in [-0.2, 0) is 4.79 Å². The Morgan fingerprint density at radius 3 is 2.71 bits per heavy atom. The van der Waals surface area contributed by atoms with Gasteiger partial charge in [-0.1, -0.05) is 23.2 Å². The van der Waals surface area contributed by atoms with E-state index in [0.29, 0.717) is 24.6 Å². The Morgan fingerprint density at radius 1 is 1.29 bits per heavy atom. The number of nitrogens with one attached hydrogen (secondary N) is 1. The molecule has 2 heterocycles. The molecule has 3 rings (SSSR count). The van der Waals surface area contributed by atoms with E-state index in [2.05, 4.69) is 10.3 Å². The zero-order chi connectivity index (χ0) is 15.0. The normalized spacial score (nSPS) is 21.4. The SMILES string of the molecule is O=C(NC1CC1)C1CCCN1C(=O)c1cnc(Cl)c(Cl)c1. The molecule has 7 heteroatoms. The highest BCUT2D eigenvalue weighted by Gasteiger charge is 2.36. The summed E-state index contributed by atoms with van der Waals surface area (Å²) >= 11 is 11.7. The lowest BCUT2D eigenvalue weighted by Gasteiger charge is -2.24. The first-order valence-corrected chi connectivity index (χ1v) is 7.74. The van der Waals surface area contributed by atoms with Crippen molar-refractivity contribution < 1.29 is 9.59 Å². The molecule has 1 unspecified atom stereocenters. The van der Waals surface area contributed by atoms with Gasteiger partial charge in [-0.15, -0.1) is 0 Å². The van der Waals surface area contributed by atoms with E-state index in [1.807, 2.05) is 0 Å². The number of carbonyl (C=O) groups excluding carboxylic acids is 2. The van der Waals surface area contributed by atoms with Crippen molar-refractivity contribution in [2.24, 2.45) is 0 Å². The molecule has 0 radical (unpaired) electrons. The van der Waals surface area contributed by atoms with Crippen LogP contribution in [0.3, 0.4) is 0 Å². The maximum Gasteiger partial charge on any atom is 0.256 e. The lowest BCUT2D eigenvalue weighted by atomic mass is 10.2. The average Bonchev–Trinajstić information content (AvgIpc) is 3.14. The summed E-state index contributed by atoms with van der Waals surface area (Å²) in [5, 5.41) is 3.36. The van der Waals surface area contributed by atoms with Crippen molar-refractivity contribution in [3.05, 3.63) is 28.0 Å². The lowest BCUT2D eigenvalue weighted by molar-refractivity contribution is -0.125. The fraction of sp³-hybridized carbons (Fsp3) is 0.500. The summed E-state index contributed by atoms with van der Waals surface area (Å²) in [5.41, 5.74) is 0.357. The van der Waals surface area contributed by atoms with E-state index in [0.717, 1.165) is 19.3 Å². The van der Waals surface area contributed by atoms with Crippen molar-refractivity contribution in [3.8, 4) is 0 Å². The second-order valence-electron chi connectivity index (χ2n) is 5.44. The topological polar surface area (TPSA) is 62.3 Å². The van der Waals surface area contributed by atoms with Crippen LogP contribution in [0.5, 0.6) is 0 Å². The van der Waals surface area contributed by atoms with Gasteiger partial charge < -0.3 is 10.2 Å². The smallest absolute Gasteiger partial charge is 0.256 e. The fourth-order valence-corrected chi connectivity index (χ4v) is 2.78. The average molecular weight is 328 g/mol. The van der Waals surface area contributed by atoms with Crippen LogP contribution in [0.25, 0.3) is 0 Å². The van der Waals surface area contributed by atoms with Crippen molar-refractivity contribution in [3.63, 3.8) is 0 Å². The van der Waals surface area contributed by atoms with Crippen LogP contribution in [0.15, 0.2) is 12.3 Å². The standard InChI is InChI=1S/C14H15Cl2N3O2/c15-10-6-8(7-17-12(10)16)14(21)19-5-1-2-11(19)13(20)18-9-3-4-9/h6-7,9,11H,1-5H2,(H,18,20). The summed E-state index contributed by atoms with van der Waals surface area (Å²) in [6.07, 6.45) is 4.97. The van der Waals surface area contributed by atoms with Crippen molar-refractivity contribution in [2.45, 2.75) is 37.8 Å². The van der Waals surface area contributed by atoms with Gasteiger partial charge in [0.1, 0.15) is 11.2 Å². The highest BCUT2D eigenvalue weighted by Crippen LogP contribution is 2.25. The third kappa shape index (κ3) is 3.14. The third-order valence-electron chi connectivity index (χ3n) is 3.78. The molecule has 1 saturated heterocycles. The van der Waals surface area contributed by atoms with Gasteiger partial charge in [-0.25, -0.2) is 4.98 Å². The Kier molecular flexibility index (Phi) is 4.04. The zero-order valence-electron chi connectivity index (χ0n) is 11.3. The Bertz CT molecular complexity index is 590. The summed E-state index contributed by atoms with van der Waals surface area (Å²) in [6, 6.07) is 1.39. The Morgan fingerprint density at radius 2 is 2.05 bits per heavy atom. The number of pyridine rings is 1. The van der Waals surface area contributed by atoms with Gasteiger partial charge in [0.2, 0.25) is 5.91 Å². The lowest BCUT2D eigenvalue weighted by Crippen LogP contribution is -2.46. The molecule has 0 spiro atoms. The summed E-state index contributed by atoms with van der Waals surface area (Å²) in [7, 11) is 0. The molecule has 2 aliphatic rings. The quantitative estimate of drug-likeness (QED) is 0.866. The van der Waals surface area contributed by atoms with Crippen LogP contribution in [0, 0.1) is 0 Å². The molecule has 112 valence electrons. The van der Waals surface area contributed by atoms with Crippen LogP contribution in [-0.4, -0.2) is 40.3 Å². The number of aromatic nitrogens is 1. The highest BCUT2D eigenvalue weighted by atomic mass is 35.5. The van der Waals surface area contributed by atoms with Gasteiger partial charge >= 0.3 is 0 Å². The van der Waals surface area contributed by atoms with Gasteiger partial charge in [0.05, 0.1) is 10.6 Å². The summed E-state index contributed by atoms with van der Waals surface area (Å²) in [5.74, 6) is -0.286. The van der Waals surface area contributed by atoms with Crippen LogP contribution in [0.4, 0.5) is 0 Å². The van der Waals surface area contributed by atoms with Gasteiger partial charge in [-0.05, 0) is 31.7 Å². The van der Waals surface area contributed by atoms with Crippen molar-refractivity contribution in [1.82, 2.24) is 15.2 Å². The van der Waals surface area contributed by atoms with Gasteiger partial charge in [0.15, 0.2) is 0 Å². The molecule has 1 aromatic rings. The largest absolute Gasteiger partial charge is 0.352 e. The number of hydrogen-bond donors (Lipinski definition) is 1. The number of likely N-dealkylation sites (tertiary alicyclic amines) is 1. The Balaban J connectivity index is 1.75. The molecule has 1 aromatic heterocycles. The first-order chi connectivity index (χ1) is 10.1. The highest BCUT2D eigenvalue weighted by molar-refractivity contribution is 6.41. The van der Waals surface area contributed by atoms with E-state index in [1.54, 1.807) is 4.90 Å². The Hall–Kier alpha value is -1.33. The van der Waals surface area contributed by atoms with E-state index < -0.39 is 6.04 Å². The number of carbonyl (C=O) groups is 2. The minimum atomic E-state index is -0.396. The molecular formula is C14H15Cl2N3O2. The maximum atomic E-state index is 12.5. The first kappa shape index (κ1) is 14.6. The zero-order valence-corrected chi connectivity index (χ0v) is 12.8. The molecule has 1 aliphatic carbocycles. The molecule has 1 aliphatic heterocycles. The molecule has 2 fully saturated rings. The number of amides is 2. The predicted octanol–water partition coefficient (Wildman–Crippen LogP) is 2.27. The molecule has 1 N–H and O–H groups in total. The monoisotopic (exact) mass is 327 g/mol. The molecular weight excluding hydrogens is 313 g/mol. The van der Waals surface area contributed by atoms with Gasteiger partial charge in [-0.3, -0.25) is 9.59 Å². The molecule has 2 amide bonds. The predicted molar refractivity (Wildman–Crippen MR) is 79.5 cm³/mol. The first-order valence-electron chi connectivity index (χ1n) is 6.98. The summed E-state index contributed by atoms with van der Waals surface area (Å²) in [4.78, 5) is 30.2. The molecule has 1 saturated carbocycles. The van der Waals surface area contributed by atoms with Crippen molar-refractivity contribution in [1.29, 1.82) is 0 Å². The van der Waals surface area contributed by atoms with E-state index in [9.17, 15) is 9.59 Å². The van der Waals surface area contributed by atoms with E-state index in [-0.39, 0.29) is 22.0 Å². The van der Waals surface area contributed by atoms with Crippen molar-refractivity contribution >= 4 is 35.0 Å². The molecule has 21 heavy (non-hydrogen) atoms. The van der Waals surface area contributed by atoms with E-state index in [4.69, 9.17) is 23.2 Å². The van der Waals surface area contributed by atoms with Gasteiger partial charge in [0.25, 0.3) is 5.91 Å². The second-order valence-corrected chi connectivity index (χ2v) is 6.20. The van der Waals surface area contributed by atoms with E-state index in [1.165, 1.54) is 12.3 Å². The number of nitrogens with zero attached hydrogens (tertiary/aromatic N) is 2. The second kappa shape index (κ2) is 5.81. The molecule has 0 bridgehead atoms. The molecule has 5 nitrogen and oxygen atoms in total.